The molecule has 12 heteroatoms. The number of rotatable bonds is 9. The van der Waals surface area contributed by atoms with Gasteiger partial charge in [-0.25, -0.2) is 4.68 Å². The van der Waals surface area contributed by atoms with Crippen molar-refractivity contribution >= 4 is 5.91 Å². The molecule has 2 aromatic rings. The van der Waals surface area contributed by atoms with Crippen molar-refractivity contribution in [1.82, 2.24) is 20.3 Å². The molecule has 1 aliphatic rings. The SMILES string of the molecule is COCC(O)CO[C@H]1O[C@H](c2cn(-c3cccc(OC)c3)nn2)[C@H](O)[C@H](O)[C@H]1NC(C)=O. The molecule has 1 amide bonds. The fourth-order valence-corrected chi connectivity index (χ4v) is 3.37. The lowest BCUT2D eigenvalue weighted by Gasteiger charge is -2.42. The topological polar surface area (TPSA) is 157 Å². The van der Waals surface area contributed by atoms with Crippen molar-refractivity contribution in [3.05, 3.63) is 36.2 Å². The Labute approximate surface area is 184 Å². The van der Waals surface area contributed by atoms with Crippen LogP contribution in [0.4, 0.5) is 0 Å². The van der Waals surface area contributed by atoms with E-state index in [-0.39, 0.29) is 18.9 Å². The number of amides is 1. The van der Waals surface area contributed by atoms with Crippen LogP contribution in [0, 0.1) is 0 Å². The van der Waals surface area contributed by atoms with Crippen LogP contribution in [-0.4, -0.2) is 94.3 Å². The predicted molar refractivity (Wildman–Crippen MR) is 109 cm³/mol. The number of carbonyl (C=O) groups is 1. The van der Waals surface area contributed by atoms with Crippen molar-refractivity contribution in [3.8, 4) is 11.4 Å². The number of hydrogen-bond acceptors (Lipinski definition) is 10. The molecule has 0 radical (unpaired) electrons. The number of carbonyl (C=O) groups excluding carboxylic acids is 1. The van der Waals surface area contributed by atoms with E-state index in [1.807, 2.05) is 0 Å². The Morgan fingerprint density at radius 1 is 1.28 bits per heavy atom. The third-order valence-corrected chi connectivity index (χ3v) is 4.90. The lowest BCUT2D eigenvalue weighted by molar-refractivity contribution is -0.273. The first kappa shape index (κ1) is 24.0. The summed E-state index contributed by atoms with van der Waals surface area (Å²) in [7, 11) is 2.98. The maximum Gasteiger partial charge on any atom is 0.217 e. The average molecular weight is 452 g/mol. The second-order valence-corrected chi connectivity index (χ2v) is 7.36. The molecule has 12 nitrogen and oxygen atoms in total. The third-order valence-electron chi connectivity index (χ3n) is 4.90. The summed E-state index contributed by atoms with van der Waals surface area (Å²) >= 11 is 0. The third kappa shape index (κ3) is 5.59. The quantitative estimate of drug-likeness (QED) is 0.369. The van der Waals surface area contributed by atoms with E-state index >= 15 is 0 Å². The largest absolute Gasteiger partial charge is 0.497 e. The zero-order valence-electron chi connectivity index (χ0n) is 18.0. The Hall–Kier alpha value is -2.61. The molecule has 1 aromatic carbocycles. The van der Waals surface area contributed by atoms with Gasteiger partial charge in [0.05, 0.1) is 32.2 Å². The first-order valence-corrected chi connectivity index (χ1v) is 9.98. The van der Waals surface area contributed by atoms with E-state index in [1.165, 1.54) is 18.7 Å². The molecule has 1 unspecified atom stereocenters. The maximum absolute atomic E-state index is 11.6. The van der Waals surface area contributed by atoms with Gasteiger partial charge >= 0.3 is 0 Å². The van der Waals surface area contributed by atoms with E-state index in [0.717, 1.165) is 0 Å². The molecular formula is C20H28N4O8. The fourth-order valence-electron chi connectivity index (χ4n) is 3.37. The Bertz CT molecular complexity index is 894. The molecule has 32 heavy (non-hydrogen) atoms. The Morgan fingerprint density at radius 2 is 2.06 bits per heavy atom. The molecule has 4 N–H and O–H groups in total. The Balaban J connectivity index is 1.81. The van der Waals surface area contributed by atoms with Crippen molar-refractivity contribution in [3.63, 3.8) is 0 Å². The first-order valence-electron chi connectivity index (χ1n) is 9.98. The molecular weight excluding hydrogens is 424 g/mol. The van der Waals surface area contributed by atoms with Crippen molar-refractivity contribution in [2.24, 2.45) is 0 Å². The Kier molecular flexibility index (Phi) is 8.12. The zero-order chi connectivity index (χ0) is 23.3. The molecule has 1 aliphatic heterocycles. The summed E-state index contributed by atoms with van der Waals surface area (Å²) < 4.78 is 23.0. The van der Waals surface area contributed by atoms with Gasteiger partial charge in [0.25, 0.3) is 0 Å². The van der Waals surface area contributed by atoms with Gasteiger partial charge in [-0.05, 0) is 12.1 Å². The van der Waals surface area contributed by atoms with Gasteiger partial charge in [0.2, 0.25) is 5.91 Å². The molecule has 1 fully saturated rings. The van der Waals surface area contributed by atoms with Gasteiger partial charge in [-0.3, -0.25) is 4.79 Å². The molecule has 3 rings (SSSR count). The molecule has 1 aromatic heterocycles. The van der Waals surface area contributed by atoms with Crippen LogP contribution < -0.4 is 10.1 Å². The highest BCUT2D eigenvalue weighted by molar-refractivity contribution is 5.73. The van der Waals surface area contributed by atoms with Gasteiger partial charge in [0.1, 0.15) is 41.9 Å². The van der Waals surface area contributed by atoms with Gasteiger partial charge in [-0.1, -0.05) is 11.3 Å². The molecule has 0 saturated carbocycles. The van der Waals surface area contributed by atoms with Gasteiger partial charge in [0.15, 0.2) is 6.29 Å². The molecule has 6 atom stereocenters. The number of nitrogens with zero attached hydrogens (tertiary/aromatic N) is 3. The molecule has 0 aliphatic carbocycles. The van der Waals surface area contributed by atoms with Crippen LogP contribution in [0.25, 0.3) is 5.69 Å². The molecule has 0 spiro atoms. The predicted octanol–water partition coefficient (Wildman–Crippen LogP) is -1.08. The van der Waals surface area contributed by atoms with Crippen LogP contribution in [0.3, 0.4) is 0 Å². The monoisotopic (exact) mass is 452 g/mol. The van der Waals surface area contributed by atoms with Gasteiger partial charge in [-0.2, -0.15) is 0 Å². The minimum absolute atomic E-state index is 0.0288. The van der Waals surface area contributed by atoms with Crippen molar-refractivity contribution < 1.29 is 39.1 Å². The van der Waals surface area contributed by atoms with E-state index in [4.69, 9.17) is 18.9 Å². The molecule has 2 heterocycles. The standard InChI is InChI=1S/C20H28N4O8/c1-11(25)21-16-17(27)18(28)19(32-20(16)31-10-13(26)9-29-2)15-8-24(23-22-15)12-5-4-6-14(7-12)30-3/h4-8,13,16-20,26-28H,9-10H2,1-3H3,(H,21,25)/t13?,16-,17-,18-,19-,20+/m1/s1. The van der Waals surface area contributed by atoms with Crippen LogP contribution in [-0.2, 0) is 19.0 Å². The normalized spacial score (nSPS) is 26.5. The summed E-state index contributed by atoms with van der Waals surface area (Å²) in [5.41, 5.74) is 0.909. The minimum atomic E-state index is -1.43. The number of nitrogens with one attached hydrogen (secondary N) is 1. The van der Waals surface area contributed by atoms with E-state index in [2.05, 4.69) is 15.6 Å². The number of aliphatic hydroxyl groups excluding tert-OH is 3. The smallest absolute Gasteiger partial charge is 0.217 e. The van der Waals surface area contributed by atoms with Gasteiger partial charge < -0.3 is 39.6 Å². The summed E-state index contributed by atoms with van der Waals surface area (Å²) in [6, 6.07) is 6.05. The average Bonchev–Trinajstić information content (AvgIpc) is 3.26. The van der Waals surface area contributed by atoms with Crippen LogP contribution in [0.5, 0.6) is 5.75 Å². The molecule has 1 saturated heterocycles. The van der Waals surface area contributed by atoms with Gasteiger partial charge in [0, 0.05) is 20.1 Å². The minimum Gasteiger partial charge on any atom is -0.497 e. The van der Waals surface area contributed by atoms with Crippen molar-refractivity contribution in [2.75, 3.05) is 27.4 Å². The Morgan fingerprint density at radius 3 is 2.75 bits per heavy atom. The first-order chi connectivity index (χ1) is 15.3. The number of benzene rings is 1. The summed E-state index contributed by atoms with van der Waals surface area (Å²) in [5, 5.41) is 41.9. The maximum atomic E-state index is 11.6. The number of methoxy groups -OCH3 is 2. The summed E-state index contributed by atoms with van der Waals surface area (Å²) in [5.74, 6) is 0.184. The fraction of sp³-hybridized carbons (Fsp3) is 0.550. The van der Waals surface area contributed by atoms with Crippen molar-refractivity contribution in [1.29, 1.82) is 0 Å². The van der Waals surface area contributed by atoms with E-state index < -0.39 is 42.7 Å². The van der Waals surface area contributed by atoms with Crippen molar-refractivity contribution in [2.45, 2.75) is 43.7 Å². The summed E-state index contributed by atoms with van der Waals surface area (Å²) in [6.07, 6.45) is -4.52. The number of hydrogen-bond donors (Lipinski definition) is 4. The second kappa shape index (κ2) is 10.8. The highest BCUT2D eigenvalue weighted by atomic mass is 16.7. The number of ether oxygens (including phenoxy) is 4. The number of aromatic nitrogens is 3. The highest BCUT2D eigenvalue weighted by Gasteiger charge is 2.47. The number of aliphatic hydroxyl groups is 3. The van der Waals surface area contributed by atoms with E-state index in [9.17, 15) is 20.1 Å². The van der Waals surface area contributed by atoms with Crippen LogP contribution >= 0.6 is 0 Å². The summed E-state index contributed by atoms with van der Waals surface area (Å²) in [6.45, 7) is 1.11. The zero-order valence-corrected chi connectivity index (χ0v) is 18.0. The van der Waals surface area contributed by atoms with Crippen LogP contribution in [0.1, 0.15) is 18.7 Å². The van der Waals surface area contributed by atoms with Crippen LogP contribution in [0.2, 0.25) is 0 Å². The van der Waals surface area contributed by atoms with Crippen LogP contribution in [0.15, 0.2) is 30.5 Å². The van der Waals surface area contributed by atoms with E-state index in [1.54, 1.807) is 37.6 Å². The molecule has 0 bridgehead atoms. The lowest BCUT2D eigenvalue weighted by atomic mass is 9.95. The van der Waals surface area contributed by atoms with E-state index in [0.29, 0.717) is 11.4 Å². The highest BCUT2D eigenvalue weighted by Crippen LogP contribution is 2.32. The summed E-state index contributed by atoms with van der Waals surface area (Å²) in [4.78, 5) is 11.6. The molecule has 176 valence electrons. The second-order valence-electron chi connectivity index (χ2n) is 7.36. The lowest BCUT2D eigenvalue weighted by Crippen LogP contribution is -2.62. The van der Waals surface area contributed by atoms with Gasteiger partial charge in [-0.15, -0.1) is 5.10 Å².